The maximum atomic E-state index is 10.8. The Morgan fingerprint density at radius 2 is 2.09 bits per heavy atom. The molecule has 0 N–H and O–H groups in total. The lowest BCUT2D eigenvalue weighted by Gasteiger charge is -2.32. The maximum Gasteiger partial charge on any atom is 0.141 e. The van der Waals surface area contributed by atoms with Gasteiger partial charge in [-0.1, -0.05) is 33.1 Å². The quantitative estimate of drug-likeness (QED) is 0.509. The van der Waals surface area contributed by atoms with Crippen LogP contribution in [0.1, 0.15) is 33.1 Å². The minimum absolute atomic E-state index is 0.349. The van der Waals surface area contributed by atoms with E-state index in [9.17, 15) is 4.79 Å². The second-order valence-corrected chi connectivity index (χ2v) is 3.45. The molecule has 0 aliphatic carbocycles. The van der Waals surface area contributed by atoms with E-state index < -0.39 is 0 Å². The van der Waals surface area contributed by atoms with Crippen LogP contribution < -0.4 is 0 Å². The first-order valence-corrected chi connectivity index (χ1v) is 4.42. The van der Waals surface area contributed by atoms with Gasteiger partial charge in [0.2, 0.25) is 0 Å². The fourth-order valence-corrected chi connectivity index (χ4v) is 1.51. The molecule has 0 aromatic carbocycles. The first kappa shape index (κ1) is 11.0. The summed E-state index contributed by atoms with van der Waals surface area (Å²) in [6, 6.07) is 0. The van der Waals surface area contributed by atoms with E-state index in [-0.39, 0.29) is 5.54 Å². The van der Waals surface area contributed by atoms with Crippen molar-refractivity contribution < 1.29 is 4.79 Å². The van der Waals surface area contributed by atoms with Crippen molar-refractivity contribution in [3.05, 3.63) is 0 Å². The van der Waals surface area contributed by atoms with Crippen molar-refractivity contribution in [2.75, 3.05) is 7.05 Å². The summed E-state index contributed by atoms with van der Waals surface area (Å²) in [6.45, 7) is 4.09. The van der Waals surface area contributed by atoms with Crippen LogP contribution in [0.5, 0.6) is 0 Å². The molecule has 0 rings (SSSR count). The molecule has 0 aromatic heterocycles. The predicted molar refractivity (Wildman–Crippen MR) is 50.7 cm³/mol. The predicted octanol–water partition coefficient (Wildman–Crippen LogP) is 1.91. The van der Waals surface area contributed by atoms with E-state index in [1.54, 1.807) is 4.31 Å². The molecule has 0 spiro atoms. The molecule has 0 saturated carbocycles. The number of hydrogen-bond donors (Lipinski definition) is 1. The Bertz CT molecular complexity index is 127. The highest BCUT2D eigenvalue weighted by Crippen LogP contribution is 2.23. The fourth-order valence-electron chi connectivity index (χ4n) is 1.22. The molecule has 0 saturated heterocycles. The van der Waals surface area contributed by atoms with Gasteiger partial charge in [0.15, 0.2) is 0 Å². The number of carbonyl (C=O) groups excluding carboxylic acids is 1. The summed E-state index contributed by atoms with van der Waals surface area (Å²) in [5.74, 6) is 0. The number of thiol groups is 1. The molecule has 0 amide bonds. The number of rotatable bonds is 5. The summed E-state index contributed by atoms with van der Waals surface area (Å²) >= 11 is 4.18. The van der Waals surface area contributed by atoms with Crippen LogP contribution >= 0.6 is 12.8 Å². The SMILES string of the molecule is CCCC(C=O)(CC)N(C)S. The van der Waals surface area contributed by atoms with Crippen LogP contribution in [-0.2, 0) is 4.79 Å². The number of nitrogens with zero attached hydrogens (tertiary/aromatic N) is 1. The van der Waals surface area contributed by atoms with Gasteiger partial charge in [-0.15, -0.1) is 0 Å². The monoisotopic (exact) mass is 175 g/mol. The Morgan fingerprint density at radius 1 is 1.55 bits per heavy atom. The highest BCUT2D eigenvalue weighted by molar-refractivity contribution is 7.77. The Kier molecular flexibility index (Phi) is 4.77. The molecule has 3 heteroatoms. The minimum atomic E-state index is -0.349. The lowest BCUT2D eigenvalue weighted by molar-refractivity contribution is -0.115. The number of likely N-dealkylation sites (N-methyl/N-ethyl adjacent to an activating group) is 1. The molecule has 0 fully saturated rings. The van der Waals surface area contributed by atoms with E-state index in [2.05, 4.69) is 19.7 Å². The van der Waals surface area contributed by atoms with Gasteiger partial charge in [-0.25, -0.2) is 4.31 Å². The normalized spacial score (nSPS) is 16.5. The minimum Gasteiger partial charge on any atom is -0.301 e. The number of carbonyl (C=O) groups is 1. The van der Waals surface area contributed by atoms with Crippen molar-refractivity contribution in [2.45, 2.75) is 38.6 Å². The first-order chi connectivity index (χ1) is 5.13. The smallest absolute Gasteiger partial charge is 0.141 e. The second-order valence-electron chi connectivity index (χ2n) is 2.85. The molecule has 66 valence electrons. The van der Waals surface area contributed by atoms with Crippen LogP contribution in [0.4, 0.5) is 0 Å². The lowest BCUT2D eigenvalue weighted by Crippen LogP contribution is -2.42. The van der Waals surface area contributed by atoms with Gasteiger partial charge in [0.05, 0.1) is 5.54 Å². The summed E-state index contributed by atoms with van der Waals surface area (Å²) in [7, 11) is 1.83. The van der Waals surface area contributed by atoms with Gasteiger partial charge < -0.3 is 4.79 Å². The number of hydrogen-bond acceptors (Lipinski definition) is 3. The van der Waals surface area contributed by atoms with E-state index in [0.717, 1.165) is 25.5 Å². The van der Waals surface area contributed by atoms with E-state index in [1.807, 2.05) is 14.0 Å². The lowest BCUT2D eigenvalue weighted by atomic mass is 9.93. The third kappa shape index (κ3) is 2.49. The Hall–Kier alpha value is -0.0200. The third-order valence-corrected chi connectivity index (χ3v) is 2.56. The molecule has 0 aliphatic heterocycles. The molecule has 0 aliphatic rings. The molecule has 0 radical (unpaired) electrons. The average Bonchev–Trinajstić information content (AvgIpc) is 2.00. The molecular formula is C8H17NOS. The number of aldehydes is 1. The van der Waals surface area contributed by atoms with Crippen molar-refractivity contribution in [2.24, 2.45) is 0 Å². The maximum absolute atomic E-state index is 10.8. The van der Waals surface area contributed by atoms with Crippen LogP contribution in [0.3, 0.4) is 0 Å². The van der Waals surface area contributed by atoms with E-state index in [1.165, 1.54) is 0 Å². The van der Waals surface area contributed by atoms with Crippen molar-refractivity contribution in [3.63, 3.8) is 0 Å². The van der Waals surface area contributed by atoms with Gasteiger partial charge in [-0.05, 0) is 19.9 Å². The van der Waals surface area contributed by atoms with Crippen molar-refractivity contribution >= 4 is 19.1 Å². The zero-order chi connectivity index (χ0) is 8.91. The molecule has 11 heavy (non-hydrogen) atoms. The van der Waals surface area contributed by atoms with E-state index in [4.69, 9.17) is 0 Å². The van der Waals surface area contributed by atoms with Crippen LogP contribution in [0, 0.1) is 0 Å². The summed E-state index contributed by atoms with van der Waals surface area (Å²) in [5, 5.41) is 0. The standard InChI is InChI=1S/C8H17NOS/c1-4-6-8(5-2,7-10)9(3)11/h7,11H,4-6H2,1-3H3. The van der Waals surface area contributed by atoms with Crippen molar-refractivity contribution in [1.29, 1.82) is 0 Å². The van der Waals surface area contributed by atoms with Crippen molar-refractivity contribution in [1.82, 2.24) is 4.31 Å². The zero-order valence-electron chi connectivity index (χ0n) is 7.50. The van der Waals surface area contributed by atoms with Crippen LogP contribution in [0.25, 0.3) is 0 Å². The van der Waals surface area contributed by atoms with Gasteiger partial charge >= 0.3 is 0 Å². The van der Waals surface area contributed by atoms with Gasteiger partial charge in [0, 0.05) is 0 Å². The summed E-state index contributed by atoms with van der Waals surface area (Å²) < 4.78 is 1.71. The Balaban J connectivity index is 4.32. The van der Waals surface area contributed by atoms with Crippen LogP contribution in [0.2, 0.25) is 0 Å². The van der Waals surface area contributed by atoms with Crippen LogP contribution in [-0.4, -0.2) is 23.2 Å². The first-order valence-electron chi connectivity index (χ1n) is 4.02. The molecule has 0 bridgehead atoms. The summed E-state index contributed by atoms with van der Waals surface area (Å²) in [5.41, 5.74) is -0.349. The summed E-state index contributed by atoms with van der Waals surface area (Å²) in [4.78, 5) is 10.8. The highest BCUT2D eigenvalue weighted by Gasteiger charge is 2.29. The largest absolute Gasteiger partial charge is 0.301 e. The molecule has 1 atom stereocenters. The highest BCUT2D eigenvalue weighted by atomic mass is 32.1. The van der Waals surface area contributed by atoms with Gasteiger partial charge in [0.25, 0.3) is 0 Å². The fraction of sp³-hybridized carbons (Fsp3) is 0.875. The van der Waals surface area contributed by atoms with Gasteiger partial charge in [0.1, 0.15) is 6.29 Å². The van der Waals surface area contributed by atoms with Gasteiger partial charge in [-0.2, -0.15) is 0 Å². The molecule has 1 unspecified atom stereocenters. The second kappa shape index (κ2) is 4.78. The molecule has 0 heterocycles. The Labute approximate surface area is 74.5 Å². The summed E-state index contributed by atoms with van der Waals surface area (Å²) in [6.07, 6.45) is 3.72. The molecule has 0 aromatic rings. The van der Waals surface area contributed by atoms with E-state index >= 15 is 0 Å². The van der Waals surface area contributed by atoms with Crippen molar-refractivity contribution in [3.8, 4) is 0 Å². The Morgan fingerprint density at radius 3 is 2.18 bits per heavy atom. The van der Waals surface area contributed by atoms with E-state index in [0.29, 0.717) is 0 Å². The topological polar surface area (TPSA) is 20.3 Å². The van der Waals surface area contributed by atoms with Gasteiger partial charge in [-0.3, -0.25) is 0 Å². The zero-order valence-corrected chi connectivity index (χ0v) is 8.40. The van der Waals surface area contributed by atoms with Crippen LogP contribution in [0.15, 0.2) is 0 Å². The molecular weight excluding hydrogens is 158 g/mol. The molecule has 2 nitrogen and oxygen atoms in total. The average molecular weight is 175 g/mol. The third-order valence-electron chi connectivity index (χ3n) is 2.16.